The molecule has 1 unspecified atom stereocenters. The lowest BCUT2D eigenvalue weighted by Crippen LogP contribution is -2.28. The third-order valence-electron chi connectivity index (χ3n) is 6.61. The van der Waals surface area contributed by atoms with E-state index in [1.165, 1.54) is 16.6 Å². The van der Waals surface area contributed by atoms with Gasteiger partial charge < -0.3 is 14.3 Å². The fourth-order valence-corrected chi connectivity index (χ4v) is 6.44. The number of thioether (sulfide) groups is 1. The number of thiophene rings is 1. The number of carbonyl (C=O) groups is 1. The SMILES string of the molecule is CCC(C)(C)C1CCc2c(sc(NC(=O)CSc3nnc(-c4ccc(Br)o4)n3C)c2C#N)C1. The lowest BCUT2D eigenvalue weighted by Gasteiger charge is -2.36. The van der Waals surface area contributed by atoms with Crippen molar-refractivity contribution in [1.29, 1.82) is 5.26 Å². The van der Waals surface area contributed by atoms with Gasteiger partial charge in [-0.15, -0.1) is 21.5 Å². The van der Waals surface area contributed by atoms with Crippen molar-refractivity contribution in [2.24, 2.45) is 18.4 Å². The molecule has 4 rings (SSSR count). The molecule has 0 saturated carbocycles. The van der Waals surface area contributed by atoms with Crippen molar-refractivity contribution in [3.05, 3.63) is 32.8 Å². The lowest BCUT2D eigenvalue weighted by molar-refractivity contribution is -0.113. The van der Waals surface area contributed by atoms with E-state index in [0.717, 1.165) is 31.2 Å². The van der Waals surface area contributed by atoms with Gasteiger partial charge >= 0.3 is 0 Å². The van der Waals surface area contributed by atoms with Crippen LogP contribution in [0.5, 0.6) is 0 Å². The van der Waals surface area contributed by atoms with Crippen molar-refractivity contribution in [2.45, 2.75) is 51.6 Å². The molecule has 3 heterocycles. The number of nitriles is 1. The highest BCUT2D eigenvalue weighted by Gasteiger charge is 2.34. The number of furan rings is 1. The molecule has 0 aliphatic heterocycles. The van der Waals surface area contributed by atoms with Crippen LogP contribution >= 0.6 is 39.0 Å². The number of anilines is 1. The summed E-state index contributed by atoms with van der Waals surface area (Å²) < 4.78 is 7.96. The van der Waals surface area contributed by atoms with Gasteiger partial charge in [0.05, 0.1) is 11.3 Å². The van der Waals surface area contributed by atoms with Crippen LogP contribution in [0, 0.1) is 22.7 Å². The van der Waals surface area contributed by atoms with E-state index in [0.29, 0.717) is 37.9 Å². The molecule has 0 aromatic carbocycles. The van der Waals surface area contributed by atoms with Crippen molar-refractivity contribution in [3.63, 3.8) is 0 Å². The Hall–Kier alpha value is -2.09. The van der Waals surface area contributed by atoms with Crippen LogP contribution in [0.3, 0.4) is 0 Å². The van der Waals surface area contributed by atoms with Gasteiger partial charge in [-0.05, 0) is 64.2 Å². The van der Waals surface area contributed by atoms with E-state index in [-0.39, 0.29) is 17.1 Å². The third-order valence-corrected chi connectivity index (χ3v) is 9.22. The number of halogens is 1. The summed E-state index contributed by atoms with van der Waals surface area (Å²) in [5.41, 5.74) is 2.02. The molecule has 3 aromatic heterocycles. The zero-order valence-electron chi connectivity index (χ0n) is 19.1. The smallest absolute Gasteiger partial charge is 0.235 e. The molecule has 0 spiro atoms. The predicted octanol–water partition coefficient (Wildman–Crippen LogP) is 6.04. The zero-order chi connectivity index (χ0) is 23.8. The summed E-state index contributed by atoms with van der Waals surface area (Å²) in [6.07, 6.45) is 4.09. The number of nitrogens with zero attached hydrogens (tertiary/aromatic N) is 4. The quantitative estimate of drug-likeness (QED) is 0.362. The van der Waals surface area contributed by atoms with Crippen LogP contribution in [-0.4, -0.2) is 26.4 Å². The topological polar surface area (TPSA) is 96.7 Å². The molecule has 7 nitrogen and oxygen atoms in total. The molecule has 1 aliphatic carbocycles. The first-order chi connectivity index (χ1) is 15.7. The Morgan fingerprint density at radius 3 is 2.91 bits per heavy atom. The number of amides is 1. The van der Waals surface area contributed by atoms with E-state index in [1.54, 1.807) is 22.0 Å². The Kier molecular flexibility index (Phi) is 7.03. The van der Waals surface area contributed by atoms with E-state index in [4.69, 9.17) is 4.42 Å². The van der Waals surface area contributed by atoms with Gasteiger partial charge in [0.15, 0.2) is 21.4 Å². The van der Waals surface area contributed by atoms with Gasteiger partial charge in [-0.3, -0.25) is 4.79 Å². The van der Waals surface area contributed by atoms with Crippen molar-refractivity contribution < 1.29 is 9.21 Å². The average Bonchev–Trinajstić information content (AvgIpc) is 3.47. The summed E-state index contributed by atoms with van der Waals surface area (Å²) in [5, 5.41) is 22.4. The summed E-state index contributed by atoms with van der Waals surface area (Å²) in [4.78, 5) is 14.0. The highest BCUT2D eigenvalue weighted by atomic mass is 79.9. The zero-order valence-corrected chi connectivity index (χ0v) is 22.3. The van der Waals surface area contributed by atoms with Crippen LogP contribution in [0.25, 0.3) is 11.6 Å². The van der Waals surface area contributed by atoms with Gasteiger partial charge in [-0.2, -0.15) is 5.26 Å². The first kappa shape index (κ1) is 24.0. The number of fused-ring (bicyclic) bond motifs is 1. The fraction of sp³-hybridized carbons (Fsp3) is 0.478. The second-order valence-electron chi connectivity index (χ2n) is 8.91. The lowest BCUT2D eigenvalue weighted by atomic mass is 9.69. The molecular formula is C23H26BrN5O2S2. The van der Waals surface area contributed by atoms with E-state index < -0.39 is 0 Å². The molecule has 0 saturated heterocycles. The third kappa shape index (κ3) is 4.91. The number of carbonyl (C=O) groups excluding carboxylic acids is 1. The maximum Gasteiger partial charge on any atom is 0.235 e. The van der Waals surface area contributed by atoms with Crippen molar-refractivity contribution >= 4 is 49.9 Å². The van der Waals surface area contributed by atoms with Crippen LogP contribution in [0.15, 0.2) is 26.4 Å². The Labute approximate surface area is 210 Å². The second-order valence-corrected chi connectivity index (χ2v) is 11.7. The maximum atomic E-state index is 12.7. The van der Waals surface area contributed by atoms with E-state index in [1.807, 2.05) is 13.1 Å². The number of aromatic nitrogens is 3. The first-order valence-corrected chi connectivity index (χ1v) is 13.4. The number of rotatable bonds is 7. The van der Waals surface area contributed by atoms with Crippen LogP contribution < -0.4 is 5.32 Å². The van der Waals surface area contributed by atoms with E-state index in [2.05, 4.69) is 58.3 Å². The monoisotopic (exact) mass is 547 g/mol. The number of hydrogen-bond donors (Lipinski definition) is 1. The Morgan fingerprint density at radius 2 is 2.24 bits per heavy atom. The molecule has 1 atom stereocenters. The van der Waals surface area contributed by atoms with Gasteiger partial charge in [0.2, 0.25) is 5.91 Å². The average molecular weight is 549 g/mol. The Bertz CT molecular complexity index is 1220. The largest absolute Gasteiger partial charge is 0.446 e. The van der Waals surface area contributed by atoms with Crippen molar-refractivity contribution in [2.75, 3.05) is 11.1 Å². The normalized spacial score (nSPS) is 15.8. The van der Waals surface area contributed by atoms with Crippen LogP contribution in [0.2, 0.25) is 0 Å². The van der Waals surface area contributed by atoms with Crippen LogP contribution in [-0.2, 0) is 24.7 Å². The van der Waals surface area contributed by atoms with Crippen LogP contribution in [0.4, 0.5) is 5.00 Å². The Morgan fingerprint density at radius 1 is 1.45 bits per heavy atom. The molecule has 0 fully saturated rings. The minimum atomic E-state index is -0.161. The van der Waals surface area contributed by atoms with Crippen LogP contribution in [0.1, 0.15) is 49.6 Å². The summed E-state index contributed by atoms with van der Waals surface area (Å²) in [5.74, 6) is 1.80. The van der Waals surface area contributed by atoms with Gasteiger partial charge in [0.25, 0.3) is 0 Å². The predicted molar refractivity (Wildman–Crippen MR) is 134 cm³/mol. The number of hydrogen-bond acceptors (Lipinski definition) is 7. The van der Waals surface area contributed by atoms with Gasteiger partial charge in [-0.1, -0.05) is 39.0 Å². The molecular weight excluding hydrogens is 522 g/mol. The van der Waals surface area contributed by atoms with E-state index >= 15 is 0 Å². The summed E-state index contributed by atoms with van der Waals surface area (Å²) >= 11 is 6.14. The molecule has 0 radical (unpaired) electrons. The molecule has 10 heteroatoms. The van der Waals surface area contributed by atoms with Gasteiger partial charge in [0.1, 0.15) is 11.1 Å². The maximum absolute atomic E-state index is 12.7. The first-order valence-electron chi connectivity index (χ1n) is 10.9. The molecule has 1 N–H and O–H groups in total. The molecule has 33 heavy (non-hydrogen) atoms. The molecule has 0 bridgehead atoms. The van der Waals surface area contributed by atoms with Gasteiger partial charge in [0, 0.05) is 11.9 Å². The summed E-state index contributed by atoms with van der Waals surface area (Å²) in [6, 6.07) is 5.93. The molecule has 1 aliphatic rings. The second kappa shape index (κ2) is 9.65. The standard InChI is InChI=1S/C23H26BrN5O2S2/c1-5-23(2,3)13-6-7-14-15(11-25)21(33-17(14)10-13)26-19(30)12-32-22-28-27-20(29(22)4)16-8-9-18(24)31-16/h8-9,13H,5-7,10,12H2,1-4H3,(H,26,30). The number of nitrogens with one attached hydrogen (secondary N) is 1. The van der Waals surface area contributed by atoms with Crippen molar-refractivity contribution in [3.8, 4) is 17.7 Å². The van der Waals surface area contributed by atoms with Crippen molar-refractivity contribution in [1.82, 2.24) is 14.8 Å². The van der Waals surface area contributed by atoms with Gasteiger partial charge in [-0.25, -0.2) is 0 Å². The summed E-state index contributed by atoms with van der Waals surface area (Å²) in [6.45, 7) is 6.88. The molecule has 1 amide bonds. The molecule has 3 aromatic rings. The minimum absolute atomic E-state index is 0.161. The summed E-state index contributed by atoms with van der Waals surface area (Å²) in [7, 11) is 1.83. The Balaban J connectivity index is 1.43. The fourth-order valence-electron chi connectivity index (χ4n) is 4.13. The minimum Gasteiger partial charge on any atom is -0.446 e. The van der Waals surface area contributed by atoms with E-state index in [9.17, 15) is 10.1 Å². The highest BCUT2D eigenvalue weighted by molar-refractivity contribution is 9.10. The highest BCUT2D eigenvalue weighted by Crippen LogP contribution is 2.45. The molecule has 174 valence electrons.